The highest BCUT2D eigenvalue weighted by molar-refractivity contribution is 7.80. The number of thiocarbonyl (C=S) groups is 2. The van der Waals surface area contributed by atoms with Gasteiger partial charge in [0.05, 0.1) is 37.4 Å². The van der Waals surface area contributed by atoms with Crippen LogP contribution in [0.2, 0.25) is 0 Å². The number of para-hydroxylation sites is 2. The standard InChI is InChI=1S/C27H28N4O6S2/c1-14-20(24(32)34-3)22(30-26(38)28-14)16-9-5-7-11-18(16)36-13-37-19-12-8-6-10-17(19)23-21(25(33)35-4)15(2)29-27(39)31-23/h5-12,22-23H,13H2,1-4H3,(H2,28,30,38)(H2,29,31,39). The summed E-state index contributed by atoms with van der Waals surface area (Å²) in [6.07, 6.45) is 0. The third kappa shape index (κ3) is 5.96. The summed E-state index contributed by atoms with van der Waals surface area (Å²) < 4.78 is 22.1. The van der Waals surface area contributed by atoms with Gasteiger partial charge in [-0.1, -0.05) is 36.4 Å². The van der Waals surface area contributed by atoms with Crippen LogP contribution in [0, 0.1) is 0 Å². The lowest BCUT2D eigenvalue weighted by atomic mass is 9.95. The highest BCUT2D eigenvalue weighted by atomic mass is 32.1. The highest BCUT2D eigenvalue weighted by Gasteiger charge is 2.34. The Morgan fingerprint density at radius 1 is 0.718 bits per heavy atom. The van der Waals surface area contributed by atoms with E-state index in [2.05, 4.69) is 21.3 Å². The first-order valence-electron chi connectivity index (χ1n) is 11.9. The van der Waals surface area contributed by atoms with Crippen molar-refractivity contribution in [2.75, 3.05) is 21.0 Å². The Morgan fingerprint density at radius 3 is 1.49 bits per heavy atom. The molecule has 2 heterocycles. The number of rotatable bonds is 8. The molecule has 0 spiro atoms. The second-order valence-electron chi connectivity index (χ2n) is 8.61. The van der Waals surface area contributed by atoms with Gasteiger partial charge in [0.25, 0.3) is 0 Å². The molecule has 4 rings (SSSR count). The molecule has 2 aromatic carbocycles. The van der Waals surface area contributed by atoms with Gasteiger partial charge in [-0.05, 0) is 50.4 Å². The Labute approximate surface area is 236 Å². The zero-order valence-electron chi connectivity index (χ0n) is 21.7. The van der Waals surface area contributed by atoms with Crippen LogP contribution in [0.25, 0.3) is 0 Å². The fourth-order valence-corrected chi connectivity index (χ4v) is 5.01. The lowest BCUT2D eigenvalue weighted by molar-refractivity contribution is -0.137. The van der Waals surface area contributed by atoms with E-state index >= 15 is 0 Å². The van der Waals surface area contributed by atoms with Crippen LogP contribution in [-0.2, 0) is 19.1 Å². The summed E-state index contributed by atoms with van der Waals surface area (Å²) in [5, 5.41) is 12.9. The molecule has 0 bridgehead atoms. The molecule has 2 aliphatic rings. The summed E-state index contributed by atoms with van der Waals surface area (Å²) >= 11 is 10.7. The molecule has 0 fully saturated rings. The number of carbonyl (C=O) groups is 2. The highest BCUT2D eigenvalue weighted by Crippen LogP contribution is 2.35. The third-order valence-electron chi connectivity index (χ3n) is 6.24. The maximum atomic E-state index is 12.6. The molecule has 0 amide bonds. The van der Waals surface area contributed by atoms with E-state index in [1.165, 1.54) is 14.2 Å². The molecule has 0 aliphatic carbocycles. The van der Waals surface area contributed by atoms with Crippen molar-refractivity contribution in [2.45, 2.75) is 25.9 Å². The van der Waals surface area contributed by atoms with E-state index in [-0.39, 0.29) is 6.79 Å². The van der Waals surface area contributed by atoms with E-state index < -0.39 is 24.0 Å². The van der Waals surface area contributed by atoms with Gasteiger partial charge in [-0.3, -0.25) is 0 Å². The third-order valence-corrected chi connectivity index (χ3v) is 6.68. The minimum Gasteiger partial charge on any atom is -0.466 e. The minimum absolute atomic E-state index is 0.161. The molecular formula is C27H28N4O6S2. The van der Waals surface area contributed by atoms with E-state index in [0.717, 1.165) is 0 Å². The first-order chi connectivity index (χ1) is 18.7. The molecule has 0 radical (unpaired) electrons. The van der Waals surface area contributed by atoms with E-state index in [0.29, 0.717) is 55.4 Å². The van der Waals surface area contributed by atoms with Gasteiger partial charge in [-0.2, -0.15) is 0 Å². The average Bonchev–Trinajstić information content (AvgIpc) is 2.92. The normalized spacial score (nSPS) is 18.8. The molecule has 2 unspecified atom stereocenters. The topological polar surface area (TPSA) is 119 Å². The summed E-state index contributed by atoms with van der Waals surface area (Å²) in [6.45, 7) is 3.36. The molecule has 0 aromatic heterocycles. The van der Waals surface area contributed by atoms with Crippen molar-refractivity contribution in [2.24, 2.45) is 0 Å². The monoisotopic (exact) mass is 568 g/mol. The Balaban J connectivity index is 1.59. The van der Waals surface area contributed by atoms with Crippen LogP contribution in [0.1, 0.15) is 37.1 Å². The lowest BCUT2D eigenvalue weighted by Gasteiger charge is -2.31. The fourth-order valence-electron chi connectivity index (χ4n) is 4.47. The maximum absolute atomic E-state index is 12.6. The van der Waals surface area contributed by atoms with Gasteiger partial charge in [0.15, 0.2) is 10.2 Å². The Kier molecular flexibility index (Phi) is 8.67. The van der Waals surface area contributed by atoms with Gasteiger partial charge in [0.2, 0.25) is 6.79 Å². The van der Waals surface area contributed by atoms with E-state index in [9.17, 15) is 9.59 Å². The maximum Gasteiger partial charge on any atom is 0.337 e. The quantitative estimate of drug-likeness (QED) is 0.213. The molecule has 0 saturated carbocycles. The van der Waals surface area contributed by atoms with Gasteiger partial charge in [0.1, 0.15) is 11.5 Å². The summed E-state index contributed by atoms with van der Waals surface area (Å²) in [5.41, 5.74) is 3.31. The fraction of sp³-hybridized carbons (Fsp3) is 0.259. The van der Waals surface area contributed by atoms with Crippen molar-refractivity contribution in [3.8, 4) is 11.5 Å². The van der Waals surface area contributed by atoms with Gasteiger partial charge in [-0.15, -0.1) is 0 Å². The number of esters is 2. The molecule has 10 nitrogen and oxygen atoms in total. The van der Waals surface area contributed by atoms with Crippen LogP contribution in [-0.4, -0.2) is 43.2 Å². The van der Waals surface area contributed by atoms with E-state index in [4.69, 9.17) is 43.4 Å². The molecule has 2 aromatic rings. The molecule has 2 aliphatic heterocycles. The van der Waals surface area contributed by atoms with Crippen LogP contribution in [0.4, 0.5) is 0 Å². The second kappa shape index (κ2) is 12.1. The molecule has 4 N–H and O–H groups in total. The number of hydrogen-bond donors (Lipinski definition) is 4. The second-order valence-corrected chi connectivity index (χ2v) is 9.42. The van der Waals surface area contributed by atoms with E-state index in [1.54, 1.807) is 26.0 Å². The zero-order chi connectivity index (χ0) is 28.1. The van der Waals surface area contributed by atoms with Crippen LogP contribution in [0.5, 0.6) is 11.5 Å². The molecule has 0 saturated heterocycles. The van der Waals surface area contributed by atoms with Crippen LogP contribution in [0.15, 0.2) is 71.1 Å². The largest absolute Gasteiger partial charge is 0.466 e. The van der Waals surface area contributed by atoms with Gasteiger partial charge in [-0.25, -0.2) is 9.59 Å². The number of carbonyl (C=O) groups excluding carboxylic acids is 2. The predicted molar refractivity (Wildman–Crippen MR) is 152 cm³/mol. The summed E-state index contributed by atoms with van der Waals surface area (Å²) in [4.78, 5) is 25.2. The summed E-state index contributed by atoms with van der Waals surface area (Å²) in [5.74, 6) is -0.00802. The molecule has 2 atom stereocenters. The van der Waals surface area contributed by atoms with Crippen molar-refractivity contribution in [1.82, 2.24) is 21.3 Å². The number of nitrogens with one attached hydrogen (secondary N) is 4. The number of methoxy groups -OCH3 is 2. The van der Waals surface area contributed by atoms with Crippen molar-refractivity contribution in [1.29, 1.82) is 0 Å². The predicted octanol–water partition coefficient (Wildman–Crippen LogP) is 3.03. The number of ether oxygens (including phenoxy) is 4. The van der Waals surface area contributed by atoms with Crippen molar-refractivity contribution < 1.29 is 28.5 Å². The summed E-state index contributed by atoms with van der Waals surface area (Å²) in [7, 11) is 2.65. The summed E-state index contributed by atoms with van der Waals surface area (Å²) in [6, 6.07) is 13.3. The van der Waals surface area contributed by atoms with Crippen LogP contribution in [0.3, 0.4) is 0 Å². The number of hydrogen-bond acceptors (Lipinski definition) is 8. The first-order valence-corrected chi connectivity index (χ1v) is 12.7. The molecular weight excluding hydrogens is 540 g/mol. The SMILES string of the molecule is COC(=O)C1=C(C)NC(=S)NC1c1ccccc1OCOc1ccccc1C1NC(=S)NC(C)=C1C(=O)OC. The van der Waals surface area contributed by atoms with Gasteiger partial charge in [0, 0.05) is 22.5 Å². The van der Waals surface area contributed by atoms with Crippen LogP contribution >= 0.6 is 24.4 Å². The van der Waals surface area contributed by atoms with Gasteiger partial charge >= 0.3 is 11.9 Å². The van der Waals surface area contributed by atoms with Crippen LogP contribution < -0.4 is 30.7 Å². The average molecular weight is 569 g/mol. The Bertz CT molecular complexity index is 1290. The van der Waals surface area contributed by atoms with Gasteiger partial charge < -0.3 is 40.2 Å². The van der Waals surface area contributed by atoms with Crippen molar-refractivity contribution in [3.63, 3.8) is 0 Å². The zero-order valence-corrected chi connectivity index (χ0v) is 23.4. The first kappa shape index (κ1) is 27.9. The lowest BCUT2D eigenvalue weighted by Crippen LogP contribution is -2.45. The Morgan fingerprint density at radius 2 is 1.10 bits per heavy atom. The number of allylic oxidation sites excluding steroid dienone is 2. The smallest absolute Gasteiger partial charge is 0.337 e. The molecule has 204 valence electrons. The number of benzene rings is 2. The minimum atomic E-state index is -0.592. The van der Waals surface area contributed by atoms with E-state index in [1.807, 2.05) is 36.4 Å². The molecule has 12 heteroatoms. The molecule has 39 heavy (non-hydrogen) atoms. The van der Waals surface area contributed by atoms with Crippen molar-refractivity contribution in [3.05, 3.63) is 82.2 Å². The van der Waals surface area contributed by atoms with Crippen molar-refractivity contribution >= 4 is 46.6 Å². The Hall–Kier alpha value is -4.16.